The number of piperidine rings is 1. The summed E-state index contributed by atoms with van der Waals surface area (Å²) >= 11 is 0. The molecule has 5 aliphatic carbocycles. The number of ether oxygens (including phenoxy) is 1. The van der Waals surface area contributed by atoms with Gasteiger partial charge in [0.25, 0.3) is 0 Å². The van der Waals surface area contributed by atoms with Crippen molar-refractivity contribution in [2.75, 3.05) is 0 Å². The molecule has 6 rings (SSSR count). The lowest BCUT2D eigenvalue weighted by atomic mass is 9.46. The predicted molar refractivity (Wildman–Crippen MR) is 112 cm³/mol. The average molecular weight is 434 g/mol. The largest absolute Gasteiger partial charge is 0.444 e. The van der Waals surface area contributed by atoms with Crippen LogP contribution in [0.2, 0.25) is 0 Å². The number of hydrogen-bond donors (Lipinski definition) is 3. The molecule has 0 radical (unpaired) electrons. The van der Waals surface area contributed by atoms with Crippen molar-refractivity contribution < 1.29 is 24.2 Å². The molecule has 4 bridgehead atoms. The van der Waals surface area contributed by atoms with E-state index >= 15 is 0 Å². The van der Waals surface area contributed by atoms with Gasteiger partial charge in [0, 0.05) is 11.5 Å². The summed E-state index contributed by atoms with van der Waals surface area (Å²) in [5.41, 5.74) is 3.66. The number of fused-ring (bicyclic) bond motifs is 1. The molecule has 0 aromatic heterocycles. The number of rotatable bonds is 4. The molecule has 3 unspecified atom stereocenters. The Hall–Kier alpha value is -1.83. The van der Waals surface area contributed by atoms with Crippen LogP contribution in [-0.4, -0.2) is 57.2 Å². The number of hydrogen-bond acceptors (Lipinski definition) is 5. The quantitative estimate of drug-likeness (QED) is 0.623. The molecule has 0 spiro atoms. The average Bonchev–Trinajstić information content (AvgIpc) is 3.25. The molecule has 4 N–H and O–H groups in total. The third-order valence-corrected chi connectivity index (χ3v) is 8.28. The molecule has 31 heavy (non-hydrogen) atoms. The fourth-order valence-electron chi connectivity index (χ4n) is 7.70. The minimum atomic E-state index is -0.819. The third-order valence-electron chi connectivity index (χ3n) is 8.28. The number of likely N-dealkylation sites (tertiary alicyclic amines) is 1. The molecule has 172 valence electrons. The highest BCUT2D eigenvalue weighted by Crippen LogP contribution is 2.63. The van der Waals surface area contributed by atoms with Crippen molar-refractivity contribution in [1.29, 1.82) is 0 Å². The first-order chi connectivity index (χ1) is 14.4. The van der Waals surface area contributed by atoms with E-state index < -0.39 is 40.7 Å². The van der Waals surface area contributed by atoms with Gasteiger partial charge < -0.3 is 25.8 Å². The summed E-state index contributed by atoms with van der Waals surface area (Å²) in [5, 5.41) is 14.1. The van der Waals surface area contributed by atoms with E-state index in [-0.39, 0.29) is 11.9 Å². The summed E-state index contributed by atoms with van der Waals surface area (Å²) in [6.45, 7) is 5.36. The van der Waals surface area contributed by atoms with Gasteiger partial charge in [0.1, 0.15) is 17.7 Å². The van der Waals surface area contributed by atoms with E-state index in [1.54, 1.807) is 25.7 Å². The maximum atomic E-state index is 14.0. The molecule has 8 nitrogen and oxygen atoms in total. The molecule has 6 fully saturated rings. The molecular formula is C23H35N3O5. The lowest BCUT2D eigenvalue weighted by Crippen LogP contribution is -2.67. The molecule has 6 atom stereocenters. The van der Waals surface area contributed by atoms with Crippen LogP contribution in [0.5, 0.6) is 0 Å². The van der Waals surface area contributed by atoms with Gasteiger partial charge in [-0.2, -0.15) is 0 Å². The summed E-state index contributed by atoms with van der Waals surface area (Å²) in [6, 6.07) is -1.40. The Morgan fingerprint density at radius 2 is 1.74 bits per heavy atom. The number of carbonyl (C=O) groups is 3. The number of alkyl carbamates (subject to hydrolysis) is 1. The van der Waals surface area contributed by atoms with Crippen LogP contribution in [0, 0.1) is 23.2 Å². The zero-order chi connectivity index (χ0) is 22.3. The number of primary amides is 1. The fourth-order valence-corrected chi connectivity index (χ4v) is 7.70. The first-order valence-corrected chi connectivity index (χ1v) is 11.7. The van der Waals surface area contributed by atoms with E-state index in [2.05, 4.69) is 5.32 Å². The van der Waals surface area contributed by atoms with Crippen molar-refractivity contribution >= 4 is 17.9 Å². The third kappa shape index (κ3) is 3.60. The van der Waals surface area contributed by atoms with E-state index in [9.17, 15) is 19.5 Å². The normalized spacial score (nSPS) is 43.4. The van der Waals surface area contributed by atoms with Crippen LogP contribution >= 0.6 is 0 Å². The number of nitrogens with zero attached hydrogens (tertiary/aromatic N) is 1. The monoisotopic (exact) mass is 433 g/mol. The van der Waals surface area contributed by atoms with Gasteiger partial charge in [-0.25, -0.2) is 4.79 Å². The molecule has 1 heterocycles. The van der Waals surface area contributed by atoms with Gasteiger partial charge in [0.05, 0.1) is 5.60 Å². The van der Waals surface area contributed by atoms with E-state index in [1.807, 2.05) is 0 Å². The van der Waals surface area contributed by atoms with E-state index in [1.165, 1.54) is 0 Å². The zero-order valence-corrected chi connectivity index (χ0v) is 18.7. The second-order valence-corrected chi connectivity index (χ2v) is 12.1. The van der Waals surface area contributed by atoms with Crippen molar-refractivity contribution in [3.63, 3.8) is 0 Å². The number of nitrogens with one attached hydrogen (secondary N) is 1. The van der Waals surface area contributed by atoms with Crippen LogP contribution in [0.4, 0.5) is 4.79 Å². The van der Waals surface area contributed by atoms with Gasteiger partial charge in [-0.05, 0) is 89.9 Å². The maximum absolute atomic E-state index is 14.0. The lowest BCUT2D eigenvalue weighted by molar-refractivity contribution is -0.181. The number of amides is 3. The summed E-state index contributed by atoms with van der Waals surface area (Å²) < 4.78 is 5.51. The highest BCUT2D eigenvalue weighted by Gasteiger charge is 2.64. The van der Waals surface area contributed by atoms with Gasteiger partial charge in [-0.15, -0.1) is 0 Å². The van der Waals surface area contributed by atoms with Crippen LogP contribution in [0.3, 0.4) is 0 Å². The Labute approximate surface area is 183 Å². The molecule has 3 amide bonds. The molecule has 1 aliphatic heterocycles. The van der Waals surface area contributed by atoms with E-state index in [0.717, 1.165) is 38.5 Å². The second kappa shape index (κ2) is 6.59. The van der Waals surface area contributed by atoms with Crippen LogP contribution in [0.15, 0.2) is 0 Å². The minimum Gasteiger partial charge on any atom is -0.444 e. The van der Waals surface area contributed by atoms with Crippen LogP contribution < -0.4 is 11.1 Å². The molecule has 5 saturated carbocycles. The Morgan fingerprint density at radius 1 is 1.10 bits per heavy atom. The highest BCUT2D eigenvalue weighted by molar-refractivity contribution is 5.92. The molecule has 0 aromatic carbocycles. The van der Waals surface area contributed by atoms with E-state index in [4.69, 9.17) is 10.5 Å². The summed E-state index contributed by atoms with van der Waals surface area (Å²) in [7, 11) is 0. The highest BCUT2D eigenvalue weighted by atomic mass is 16.6. The van der Waals surface area contributed by atoms with Gasteiger partial charge in [-0.1, -0.05) is 0 Å². The fraction of sp³-hybridized carbons (Fsp3) is 0.870. The summed E-state index contributed by atoms with van der Waals surface area (Å²) in [6.07, 6.45) is 5.61. The predicted octanol–water partition coefficient (Wildman–Crippen LogP) is 1.69. The Balaban J connectivity index is 1.47. The van der Waals surface area contributed by atoms with Crippen molar-refractivity contribution in [2.24, 2.45) is 28.9 Å². The van der Waals surface area contributed by atoms with Gasteiger partial charge in [0.15, 0.2) is 0 Å². The Kier molecular flexibility index (Phi) is 4.47. The molecular weight excluding hydrogens is 398 g/mol. The molecule has 8 heteroatoms. The molecule has 0 aromatic rings. The van der Waals surface area contributed by atoms with Gasteiger partial charge >= 0.3 is 6.09 Å². The van der Waals surface area contributed by atoms with Crippen LogP contribution in [-0.2, 0) is 14.3 Å². The van der Waals surface area contributed by atoms with Crippen LogP contribution in [0.25, 0.3) is 0 Å². The summed E-state index contributed by atoms with van der Waals surface area (Å²) in [5.74, 6) is 0.331. The SMILES string of the molecule is CC(C)(C)OC(=O)N[C@H](C(=O)N1C(C(N)=O)C[C@@H]2C[C@@H]21)C12CC3CC(CC(O)(C3)C1)C2. The minimum absolute atomic E-state index is 0.0323. The zero-order valence-electron chi connectivity index (χ0n) is 18.7. The van der Waals surface area contributed by atoms with Crippen LogP contribution in [0.1, 0.15) is 72.1 Å². The van der Waals surface area contributed by atoms with Crippen molar-refractivity contribution in [3.05, 3.63) is 0 Å². The molecule has 1 saturated heterocycles. The second-order valence-electron chi connectivity index (χ2n) is 12.1. The standard InChI is InChI=1S/C23H35N3O5/c1-21(2,3)31-20(29)25-17(19(28)26-15-5-14(15)6-16(26)18(24)27)22-7-12-4-13(8-22)10-23(30,9-12)11-22/h12-17,30H,4-11H2,1-3H3,(H2,24,27)(H,25,29)/t12?,13?,14-,15-,16?,17+,22?,23?/m0/s1. The smallest absolute Gasteiger partial charge is 0.408 e. The summed E-state index contributed by atoms with van der Waals surface area (Å²) in [4.78, 5) is 40.5. The van der Waals surface area contributed by atoms with Crippen molar-refractivity contribution in [1.82, 2.24) is 10.2 Å². The Morgan fingerprint density at radius 3 is 2.29 bits per heavy atom. The topological polar surface area (TPSA) is 122 Å². The first-order valence-electron chi connectivity index (χ1n) is 11.7. The number of carbonyl (C=O) groups excluding carboxylic acids is 3. The van der Waals surface area contributed by atoms with Crippen molar-refractivity contribution in [3.8, 4) is 0 Å². The van der Waals surface area contributed by atoms with Gasteiger partial charge in [-0.3, -0.25) is 9.59 Å². The van der Waals surface area contributed by atoms with Gasteiger partial charge in [0.2, 0.25) is 11.8 Å². The maximum Gasteiger partial charge on any atom is 0.408 e. The Bertz CT molecular complexity index is 807. The van der Waals surface area contributed by atoms with E-state index in [0.29, 0.717) is 30.6 Å². The first kappa shape index (κ1) is 21.0. The number of aliphatic hydroxyl groups is 1. The lowest BCUT2D eigenvalue weighted by Gasteiger charge is -2.62. The molecule has 6 aliphatic rings. The number of nitrogens with two attached hydrogens (primary N) is 1. The van der Waals surface area contributed by atoms with Crippen molar-refractivity contribution in [2.45, 2.75) is 101 Å².